The molecule has 0 radical (unpaired) electrons. The quantitative estimate of drug-likeness (QED) is 0.730. The van der Waals surface area contributed by atoms with Crippen molar-refractivity contribution in [3.63, 3.8) is 0 Å². The van der Waals surface area contributed by atoms with E-state index in [9.17, 15) is 4.79 Å². The van der Waals surface area contributed by atoms with Crippen LogP contribution in [0.4, 0.5) is 5.82 Å². The second-order valence-electron chi connectivity index (χ2n) is 7.02. The number of amides is 1. The second-order valence-corrected chi connectivity index (χ2v) is 7.02. The van der Waals surface area contributed by atoms with Crippen LogP contribution in [0.15, 0.2) is 42.7 Å². The van der Waals surface area contributed by atoms with Gasteiger partial charge in [0.15, 0.2) is 0 Å². The number of aromatic nitrogens is 4. The van der Waals surface area contributed by atoms with Gasteiger partial charge in [0.1, 0.15) is 17.3 Å². The van der Waals surface area contributed by atoms with Crippen LogP contribution in [0.25, 0.3) is 5.69 Å². The van der Waals surface area contributed by atoms with Crippen LogP contribution in [0.5, 0.6) is 0 Å². The van der Waals surface area contributed by atoms with Crippen LogP contribution >= 0.6 is 0 Å². The molecule has 1 aliphatic carbocycles. The van der Waals surface area contributed by atoms with Crippen molar-refractivity contribution in [2.45, 2.75) is 31.7 Å². The van der Waals surface area contributed by atoms with Crippen LogP contribution in [0, 0.1) is 0 Å². The number of para-hydroxylation sites is 1. The first kappa shape index (κ1) is 16.0. The van der Waals surface area contributed by atoms with Crippen LogP contribution in [-0.2, 0) is 13.0 Å². The van der Waals surface area contributed by atoms with Crippen LogP contribution < -0.4 is 10.6 Å². The van der Waals surface area contributed by atoms with Crippen molar-refractivity contribution in [3.8, 4) is 5.69 Å². The molecular weight excluding hydrogens is 340 g/mol. The van der Waals surface area contributed by atoms with Crippen molar-refractivity contribution in [2.24, 2.45) is 0 Å². The van der Waals surface area contributed by atoms with Gasteiger partial charge in [0, 0.05) is 36.3 Å². The van der Waals surface area contributed by atoms with E-state index in [4.69, 9.17) is 4.98 Å². The van der Waals surface area contributed by atoms with E-state index in [1.807, 2.05) is 47.4 Å². The Kier molecular flexibility index (Phi) is 3.85. The van der Waals surface area contributed by atoms with E-state index in [-0.39, 0.29) is 5.91 Å². The van der Waals surface area contributed by atoms with E-state index in [0.29, 0.717) is 24.7 Å². The Morgan fingerprint density at radius 3 is 2.85 bits per heavy atom. The number of hydrogen-bond acceptors (Lipinski definition) is 5. The fourth-order valence-electron chi connectivity index (χ4n) is 3.34. The largest absolute Gasteiger partial charge is 0.366 e. The van der Waals surface area contributed by atoms with E-state index >= 15 is 0 Å². The summed E-state index contributed by atoms with van der Waals surface area (Å²) in [5.74, 6) is 1.87. The summed E-state index contributed by atoms with van der Waals surface area (Å²) in [6.07, 6.45) is 6.80. The average Bonchev–Trinajstić information content (AvgIpc) is 3.45. The number of nitrogens with one attached hydrogen (secondary N) is 2. The number of hydrogen-bond donors (Lipinski definition) is 2. The lowest BCUT2D eigenvalue weighted by molar-refractivity contribution is 0.0940. The number of rotatable bonds is 5. The van der Waals surface area contributed by atoms with Crippen LogP contribution in [0.1, 0.15) is 46.2 Å². The van der Waals surface area contributed by atoms with E-state index < -0.39 is 0 Å². The standard InChI is InChI=1S/C20H20N6O/c27-20-17-16(8-9-21-20)19(25-18(24-17)14-6-7-14)22-10-13-11-23-26(12-13)15-4-2-1-3-5-15/h1-5,11-12,14H,6-10H2,(H,21,27)(H,22,24,25). The molecule has 136 valence electrons. The van der Waals surface area contributed by atoms with Gasteiger partial charge in [-0.25, -0.2) is 14.6 Å². The van der Waals surface area contributed by atoms with Gasteiger partial charge in [-0.05, 0) is 31.4 Å². The maximum atomic E-state index is 12.2. The van der Waals surface area contributed by atoms with Gasteiger partial charge in [-0.3, -0.25) is 4.79 Å². The third-order valence-corrected chi connectivity index (χ3v) is 4.96. The van der Waals surface area contributed by atoms with Gasteiger partial charge in [0.25, 0.3) is 5.91 Å². The number of anilines is 1. The highest BCUT2D eigenvalue weighted by Gasteiger charge is 2.31. The molecule has 5 rings (SSSR count). The Labute approximate surface area is 156 Å². The highest BCUT2D eigenvalue weighted by Crippen LogP contribution is 2.39. The summed E-state index contributed by atoms with van der Waals surface area (Å²) < 4.78 is 1.86. The molecule has 1 aliphatic heterocycles. The minimum atomic E-state index is -0.0968. The van der Waals surface area contributed by atoms with Crippen molar-refractivity contribution in [2.75, 3.05) is 11.9 Å². The van der Waals surface area contributed by atoms with Crippen molar-refractivity contribution >= 4 is 11.7 Å². The normalized spacial score (nSPS) is 15.9. The molecule has 0 unspecified atom stereocenters. The van der Waals surface area contributed by atoms with Crippen LogP contribution in [-0.4, -0.2) is 32.2 Å². The maximum Gasteiger partial charge on any atom is 0.270 e. The summed E-state index contributed by atoms with van der Waals surface area (Å²) in [5, 5.41) is 10.7. The molecular formula is C20H20N6O. The molecule has 1 aromatic carbocycles. The molecule has 0 bridgehead atoms. The molecule has 2 aromatic heterocycles. The Hall–Kier alpha value is -3.22. The number of fused-ring (bicyclic) bond motifs is 1. The first-order valence-electron chi connectivity index (χ1n) is 9.30. The average molecular weight is 360 g/mol. The maximum absolute atomic E-state index is 12.2. The third-order valence-electron chi connectivity index (χ3n) is 4.96. The monoisotopic (exact) mass is 360 g/mol. The van der Waals surface area contributed by atoms with Gasteiger partial charge in [0.2, 0.25) is 0 Å². The summed E-state index contributed by atoms with van der Waals surface area (Å²) in [7, 11) is 0. The fourth-order valence-corrected chi connectivity index (χ4v) is 3.34. The molecule has 2 N–H and O–H groups in total. The zero-order valence-corrected chi connectivity index (χ0v) is 14.9. The highest BCUT2D eigenvalue weighted by molar-refractivity contribution is 5.96. The zero-order valence-electron chi connectivity index (χ0n) is 14.9. The molecule has 1 saturated carbocycles. The minimum absolute atomic E-state index is 0.0968. The molecule has 1 fully saturated rings. The molecule has 3 heterocycles. The lowest BCUT2D eigenvalue weighted by atomic mass is 10.1. The Bertz CT molecular complexity index is 993. The Morgan fingerprint density at radius 1 is 1.19 bits per heavy atom. The predicted octanol–water partition coefficient (Wildman–Crippen LogP) is 2.44. The lowest BCUT2D eigenvalue weighted by Gasteiger charge is -2.20. The third kappa shape index (κ3) is 3.16. The number of nitrogens with zero attached hydrogens (tertiary/aromatic N) is 4. The van der Waals surface area contributed by atoms with E-state index in [1.54, 1.807) is 0 Å². The van der Waals surface area contributed by atoms with E-state index in [0.717, 1.165) is 47.7 Å². The van der Waals surface area contributed by atoms with Crippen molar-refractivity contribution in [1.29, 1.82) is 0 Å². The lowest BCUT2D eigenvalue weighted by Crippen LogP contribution is -2.34. The predicted molar refractivity (Wildman–Crippen MR) is 101 cm³/mol. The molecule has 3 aromatic rings. The summed E-state index contributed by atoms with van der Waals surface area (Å²) in [5.41, 5.74) is 3.52. The topological polar surface area (TPSA) is 84.7 Å². The van der Waals surface area contributed by atoms with Gasteiger partial charge >= 0.3 is 0 Å². The number of carbonyl (C=O) groups is 1. The zero-order chi connectivity index (χ0) is 18.2. The smallest absolute Gasteiger partial charge is 0.270 e. The van der Waals surface area contributed by atoms with Crippen LogP contribution in [0.3, 0.4) is 0 Å². The molecule has 2 aliphatic rings. The first-order chi connectivity index (χ1) is 13.3. The summed E-state index contributed by atoms with van der Waals surface area (Å²) in [4.78, 5) is 21.5. The van der Waals surface area contributed by atoms with Crippen molar-refractivity contribution < 1.29 is 4.79 Å². The highest BCUT2D eigenvalue weighted by atomic mass is 16.1. The van der Waals surface area contributed by atoms with Gasteiger partial charge in [0.05, 0.1) is 11.9 Å². The number of benzene rings is 1. The Morgan fingerprint density at radius 2 is 2.04 bits per heavy atom. The van der Waals surface area contributed by atoms with Gasteiger partial charge in [-0.2, -0.15) is 5.10 Å². The van der Waals surface area contributed by atoms with Gasteiger partial charge in [-0.1, -0.05) is 18.2 Å². The van der Waals surface area contributed by atoms with E-state index in [2.05, 4.69) is 20.7 Å². The molecule has 27 heavy (non-hydrogen) atoms. The minimum Gasteiger partial charge on any atom is -0.366 e. The SMILES string of the molecule is O=C1NCCc2c(NCc3cnn(-c4ccccc4)c3)nc(C3CC3)nc21. The van der Waals surface area contributed by atoms with E-state index in [1.165, 1.54) is 0 Å². The first-order valence-corrected chi connectivity index (χ1v) is 9.30. The Balaban J connectivity index is 1.39. The molecule has 0 atom stereocenters. The molecule has 0 saturated heterocycles. The van der Waals surface area contributed by atoms with Crippen molar-refractivity contribution in [3.05, 3.63) is 65.4 Å². The number of carbonyl (C=O) groups excluding carboxylic acids is 1. The van der Waals surface area contributed by atoms with Crippen molar-refractivity contribution in [1.82, 2.24) is 25.1 Å². The molecule has 7 nitrogen and oxygen atoms in total. The fraction of sp³-hybridized carbons (Fsp3) is 0.300. The summed E-state index contributed by atoms with van der Waals surface area (Å²) >= 11 is 0. The van der Waals surface area contributed by atoms with Gasteiger partial charge in [-0.15, -0.1) is 0 Å². The molecule has 7 heteroatoms. The molecule has 1 amide bonds. The van der Waals surface area contributed by atoms with Gasteiger partial charge < -0.3 is 10.6 Å². The molecule has 0 spiro atoms. The summed E-state index contributed by atoms with van der Waals surface area (Å²) in [6.45, 7) is 1.22. The summed E-state index contributed by atoms with van der Waals surface area (Å²) in [6, 6.07) is 10.0. The van der Waals surface area contributed by atoms with Crippen LogP contribution in [0.2, 0.25) is 0 Å². The second kappa shape index (κ2) is 6.50.